The van der Waals surface area contributed by atoms with E-state index in [4.69, 9.17) is 18.1 Å². The fourth-order valence-electron chi connectivity index (χ4n) is 0. The fourth-order valence-corrected chi connectivity index (χ4v) is 0. The zero-order valence-corrected chi connectivity index (χ0v) is 9.64. The van der Waals surface area contributed by atoms with Crippen LogP contribution in [0.15, 0.2) is 0 Å². The molecule has 0 fully saturated rings. The summed E-state index contributed by atoms with van der Waals surface area (Å²) in [6.07, 6.45) is 0. The molecule has 0 rings (SSSR count). The Morgan fingerprint density at radius 3 is 1.25 bits per heavy atom. The number of rotatable bonds is 0. The number of carbonyl (C=O) groups excluding carboxylic acids is 1. The molecular weight excluding hydrogens is 154 g/mol. The SMILES string of the molecule is C=O.O=S(O)O.[H-].[H-].[Na+].[Na+]. The summed E-state index contributed by atoms with van der Waals surface area (Å²) in [4.78, 5) is 8.00. The average Bonchev–Trinajstić information content (AvgIpc) is 1.41. The van der Waals surface area contributed by atoms with Crippen LogP contribution in [-0.4, -0.2) is 20.1 Å². The molecule has 0 aromatic heterocycles. The molecule has 42 valence electrons. The molecule has 0 radical (unpaired) electrons. The van der Waals surface area contributed by atoms with Gasteiger partial charge in [-0.15, -0.1) is 0 Å². The maximum Gasteiger partial charge on any atom is 1.00 e. The summed E-state index contributed by atoms with van der Waals surface area (Å²) in [7, 11) is 0. The number of carbonyl (C=O) groups is 1. The summed E-state index contributed by atoms with van der Waals surface area (Å²) in [6.45, 7) is 2.00. The van der Waals surface area contributed by atoms with E-state index < -0.39 is 11.4 Å². The van der Waals surface area contributed by atoms with E-state index >= 15 is 0 Å². The van der Waals surface area contributed by atoms with Crippen LogP contribution in [-0.2, 0) is 16.2 Å². The summed E-state index contributed by atoms with van der Waals surface area (Å²) in [6, 6.07) is 0. The van der Waals surface area contributed by atoms with Crippen molar-refractivity contribution in [3.63, 3.8) is 0 Å². The molecule has 0 heterocycles. The first kappa shape index (κ1) is 22.6. The molecule has 0 bridgehead atoms. The average molecular weight is 160 g/mol. The number of hydrogen-bond donors (Lipinski definition) is 2. The van der Waals surface area contributed by atoms with Crippen molar-refractivity contribution < 1.29 is 80.1 Å². The van der Waals surface area contributed by atoms with Gasteiger partial charge in [0.15, 0.2) is 0 Å². The Hall–Kier alpha value is 1.74. The van der Waals surface area contributed by atoms with Crippen molar-refractivity contribution in [2.24, 2.45) is 0 Å². The first-order valence-corrected chi connectivity index (χ1v) is 1.88. The second-order valence-electron chi connectivity index (χ2n) is 0.231. The van der Waals surface area contributed by atoms with Gasteiger partial charge in [-0.3, -0.25) is 9.11 Å². The third-order valence-electron chi connectivity index (χ3n) is 0. The van der Waals surface area contributed by atoms with Crippen molar-refractivity contribution in [1.29, 1.82) is 0 Å². The van der Waals surface area contributed by atoms with Gasteiger partial charge in [-0.1, -0.05) is 0 Å². The van der Waals surface area contributed by atoms with E-state index in [2.05, 4.69) is 0 Å². The summed E-state index contributed by atoms with van der Waals surface area (Å²) >= 11 is -2.61. The second-order valence-corrected chi connectivity index (χ2v) is 0.692. The van der Waals surface area contributed by atoms with Crippen molar-refractivity contribution in [3.05, 3.63) is 0 Å². The van der Waals surface area contributed by atoms with Crippen LogP contribution in [0, 0.1) is 0 Å². The Bertz CT molecular complexity index is 52.5. The Labute approximate surface area is 97.1 Å². The van der Waals surface area contributed by atoms with Crippen molar-refractivity contribution in [2.45, 2.75) is 0 Å². The molecule has 0 saturated heterocycles. The predicted octanol–water partition coefficient (Wildman–Crippen LogP) is -6.27. The standard InChI is InChI=1S/CH2O.2Na.H2O3S.2H/c1-2;;;1-4(2)3;;/h1H2;;;(H2,1,2,3);;/q;2*+1;;2*-1. The minimum atomic E-state index is -2.61. The van der Waals surface area contributed by atoms with E-state index in [0.29, 0.717) is 0 Å². The third-order valence-corrected chi connectivity index (χ3v) is 0. The summed E-state index contributed by atoms with van der Waals surface area (Å²) in [5, 5.41) is 0. The van der Waals surface area contributed by atoms with Crippen LogP contribution < -0.4 is 59.1 Å². The van der Waals surface area contributed by atoms with Crippen LogP contribution in [0.1, 0.15) is 2.85 Å². The van der Waals surface area contributed by atoms with E-state index in [1.54, 1.807) is 0 Å². The first-order valence-electron chi connectivity index (χ1n) is 0.820. The van der Waals surface area contributed by atoms with Gasteiger partial charge in [0.25, 0.3) is 11.4 Å². The van der Waals surface area contributed by atoms with E-state index in [1.165, 1.54) is 0 Å². The second kappa shape index (κ2) is 23.3. The molecule has 7 heteroatoms. The molecule has 0 saturated carbocycles. The van der Waals surface area contributed by atoms with Crippen molar-refractivity contribution in [3.8, 4) is 0 Å². The van der Waals surface area contributed by atoms with Gasteiger partial charge in [-0.05, 0) is 0 Å². The van der Waals surface area contributed by atoms with Crippen LogP contribution in [0.2, 0.25) is 0 Å². The molecular formula is CH6Na2O4S. The van der Waals surface area contributed by atoms with Crippen molar-refractivity contribution in [1.82, 2.24) is 0 Å². The van der Waals surface area contributed by atoms with Gasteiger partial charge in [-0.2, -0.15) is 4.21 Å². The fraction of sp³-hybridized carbons (Fsp3) is 0. The largest absolute Gasteiger partial charge is 1.00 e. The smallest absolute Gasteiger partial charge is 1.00 e. The summed E-state index contributed by atoms with van der Waals surface area (Å²) < 4.78 is 22.8. The zero-order valence-electron chi connectivity index (χ0n) is 6.83. The van der Waals surface area contributed by atoms with Crippen LogP contribution in [0.25, 0.3) is 0 Å². The molecule has 0 amide bonds. The topological polar surface area (TPSA) is 74.6 Å². The molecule has 0 spiro atoms. The van der Waals surface area contributed by atoms with Gasteiger partial charge in [-0.25, -0.2) is 0 Å². The Kier molecular flexibility index (Phi) is 65.8. The molecule has 2 N–H and O–H groups in total. The molecule has 4 nitrogen and oxygen atoms in total. The summed E-state index contributed by atoms with van der Waals surface area (Å²) in [5.74, 6) is 0. The maximum atomic E-state index is 8.67. The van der Waals surface area contributed by atoms with Gasteiger partial charge in [0.1, 0.15) is 6.79 Å². The van der Waals surface area contributed by atoms with Crippen LogP contribution in [0.3, 0.4) is 0 Å². The molecule has 0 unspecified atom stereocenters. The van der Waals surface area contributed by atoms with E-state index in [-0.39, 0.29) is 62.0 Å². The quantitative estimate of drug-likeness (QED) is 0.273. The normalized spacial score (nSPS) is 4.88. The Balaban J connectivity index is -0.00000000625. The predicted molar refractivity (Wildman–Crippen MR) is 22.7 cm³/mol. The van der Waals surface area contributed by atoms with Crippen molar-refractivity contribution >= 4 is 18.2 Å². The third kappa shape index (κ3) is 116. The first-order chi connectivity index (χ1) is 2.73. The zero-order chi connectivity index (χ0) is 5.58. The van der Waals surface area contributed by atoms with E-state index in [9.17, 15) is 0 Å². The number of hydrogen-bond acceptors (Lipinski definition) is 2. The van der Waals surface area contributed by atoms with Gasteiger partial charge < -0.3 is 7.65 Å². The molecule has 0 aromatic carbocycles. The monoisotopic (exact) mass is 160 g/mol. The van der Waals surface area contributed by atoms with Gasteiger partial charge in [0.2, 0.25) is 0 Å². The Morgan fingerprint density at radius 1 is 1.25 bits per heavy atom. The molecule has 0 aliphatic carbocycles. The minimum absolute atomic E-state index is 0. The van der Waals surface area contributed by atoms with Crippen LogP contribution >= 0.6 is 0 Å². The van der Waals surface area contributed by atoms with Crippen LogP contribution in [0.4, 0.5) is 0 Å². The summed E-state index contributed by atoms with van der Waals surface area (Å²) in [5.41, 5.74) is 0. The molecule has 0 aliphatic rings. The molecule has 8 heavy (non-hydrogen) atoms. The van der Waals surface area contributed by atoms with Gasteiger partial charge in [0, 0.05) is 0 Å². The molecule has 0 aromatic rings. The van der Waals surface area contributed by atoms with E-state index in [1.807, 2.05) is 6.79 Å². The molecule has 0 atom stereocenters. The van der Waals surface area contributed by atoms with Gasteiger partial charge >= 0.3 is 59.1 Å². The van der Waals surface area contributed by atoms with Crippen molar-refractivity contribution in [2.75, 3.05) is 0 Å². The van der Waals surface area contributed by atoms with Crippen LogP contribution in [0.5, 0.6) is 0 Å². The Morgan fingerprint density at radius 2 is 1.25 bits per heavy atom. The maximum absolute atomic E-state index is 8.67. The molecule has 0 aliphatic heterocycles. The minimum Gasteiger partial charge on any atom is -1.00 e. The van der Waals surface area contributed by atoms with E-state index in [0.717, 1.165) is 0 Å². The van der Waals surface area contributed by atoms with Gasteiger partial charge in [0.05, 0.1) is 0 Å².